The third-order valence-corrected chi connectivity index (χ3v) is 3.89. The summed E-state index contributed by atoms with van der Waals surface area (Å²) >= 11 is 0. The van der Waals surface area contributed by atoms with Gasteiger partial charge in [0.1, 0.15) is 0 Å². The molecule has 0 radical (unpaired) electrons. The Labute approximate surface area is 152 Å². The first-order valence-corrected chi connectivity index (χ1v) is 8.40. The molecule has 0 saturated carbocycles. The molecule has 1 aromatic heterocycles. The summed E-state index contributed by atoms with van der Waals surface area (Å²) < 4.78 is 15.9. The molecule has 7 nitrogen and oxygen atoms in total. The molecule has 26 heavy (non-hydrogen) atoms. The number of fused-ring (bicyclic) bond motifs is 1. The molecule has 0 bridgehead atoms. The van der Waals surface area contributed by atoms with Crippen LogP contribution in [-0.4, -0.2) is 22.8 Å². The van der Waals surface area contributed by atoms with Crippen LogP contribution in [0.15, 0.2) is 28.8 Å². The van der Waals surface area contributed by atoms with Crippen molar-refractivity contribution in [1.82, 2.24) is 15.5 Å². The first-order valence-electron chi connectivity index (χ1n) is 8.40. The van der Waals surface area contributed by atoms with Crippen molar-refractivity contribution in [2.45, 2.75) is 45.6 Å². The molecule has 2 heterocycles. The highest BCUT2D eigenvalue weighted by molar-refractivity contribution is 5.92. The highest BCUT2D eigenvalue weighted by atomic mass is 16.7. The minimum Gasteiger partial charge on any atom is -0.454 e. The molecule has 3 rings (SSSR count). The Morgan fingerprint density at radius 2 is 1.88 bits per heavy atom. The highest BCUT2D eigenvalue weighted by Gasteiger charge is 2.31. The number of carbonyl (C=O) groups is 1. The lowest BCUT2D eigenvalue weighted by Crippen LogP contribution is -2.41. The molecule has 0 unspecified atom stereocenters. The summed E-state index contributed by atoms with van der Waals surface area (Å²) in [5.41, 5.74) is -0.162. The maximum absolute atomic E-state index is 12.3. The molecule has 0 saturated heterocycles. The minimum atomic E-state index is -0.761. The molecule has 0 spiro atoms. The Kier molecular flexibility index (Phi) is 4.48. The summed E-state index contributed by atoms with van der Waals surface area (Å²) in [5.74, 6) is 2.10. The van der Waals surface area contributed by atoms with Crippen LogP contribution in [0.5, 0.6) is 11.5 Å². The summed E-state index contributed by atoms with van der Waals surface area (Å²) in [6.45, 7) is 9.85. The van der Waals surface area contributed by atoms with Crippen molar-refractivity contribution in [3.8, 4) is 11.5 Å². The molecule has 138 valence electrons. The maximum atomic E-state index is 12.3. The van der Waals surface area contributed by atoms with Gasteiger partial charge in [-0.3, -0.25) is 4.79 Å². The Balaban J connectivity index is 1.67. The predicted octanol–water partition coefficient (Wildman–Crippen LogP) is 3.16. The van der Waals surface area contributed by atoms with Crippen LogP contribution in [0.1, 0.15) is 51.9 Å². The number of nitrogens with one attached hydrogen (secondary N) is 1. The van der Waals surface area contributed by atoms with Crippen molar-refractivity contribution in [3.05, 3.63) is 41.6 Å². The monoisotopic (exact) mass is 357 g/mol. The van der Waals surface area contributed by atoms with Crippen LogP contribution >= 0.6 is 0 Å². The fraction of sp³-hybridized carbons (Fsp3) is 0.421. The average Bonchev–Trinajstić information content (AvgIpc) is 3.21. The van der Waals surface area contributed by atoms with Gasteiger partial charge in [-0.15, -0.1) is 0 Å². The van der Waals surface area contributed by atoms with Crippen LogP contribution in [-0.2, 0) is 15.7 Å². The second-order valence-electron chi connectivity index (χ2n) is 7.73. The van der Waals surface area contributed by atoms with E-state index < -0.39 is 5.54 Å². The second-order valence-corrected chi connectivity index (χ2v) is 7.73. The summed E-state index contributed by atoms with van der Waals surface area (Å²) in [4.78, 5) is 16.7. The van der Waals surface area contributed by atoms with Gasteiger partial charge in [-0.05, 0) is 37.6 Å². The minimum absolute atomic E-state index is 0.221. The maximum Gasteiger partial charge on any atom is 0.244 e. The topological polar surface area (TPSA) is 86.5 Å². The lowest BCUT2D eigenvalue weighted by Gasteiger charge is -2.21. The molecular weight excluding hydrogens is 334 g/mol. The Hall–Kier alpha value is -2.83. The number of rotatable bonds is 4. The van der Waals surface area contributed by atoms with E-state index in [-0.39, 0.29) is 18.1 Å². The van der Waals surface area contributed by atoms with E-state index in [1.54, 1.807) is 6.08 Å². The number of ether oxygens (including phenoxy) is 2. The van der Waals surface area contributed by atoms with E-state index in [1.807, 2.05) is 52.8 Å². The summed E-state index contributed by atoms with van der Waals surface area (Å²) in [5, 5.41) is 6.90. The SMILES string of the molecule is CC(C)(C)c1nc(C(C)(C)NC(=O)/C=C\c2ccc3c(c2)OCO3)no1. The van der Waals surface area contributed by atoms with Gasteiger partial charge < -0.3 is 19.3 Å². The fourth-order valence-corrected chi connectivity index (χ4v) is 2.38. The molecule has 0 aliphatic carbocycles. The van der Waals surface area contributed by atoms with Crippen molar-refractivity contribution < 1.29 is 18.8 Å². The van der Waals surface area contributed by atoms with Crippen LogP contribution in [0, 0.1) is 0 Å². The number of carbonyl (C=O) groups excluding carboxylic acids is 1. The van der Waals surface area contributed by atoms with E-state index in [9.17, 15) is 4.79 Å². The van der Waals surface area contributed by atoms with Crippen molar-refractivity contribution in [3.63, 3.8) is 0 Å². The van der Waals surface area contributed by atoms with Gasteiger partial charge in [0.25, 0.3) is 0 Å². The smallest absolute Gasteiger partial charge is 0.244 e. The molecule has 7 heteroatoms. The summed E-state index contributed by atoms with van der Waals surface area (Å²) in [6, 6.07) is 5.50. The Bertz CT molecular complexity index is 847. The number of nitrogens with zero attached hydrogens (tertiary/aromatic N) is 2. The van der Waals surface area contributed by atoms with E-state index in [1.165, 1.54) is 6.08 Å². The summed E-state index contributed by atoms with van der Waals surface area (Å²) in [6.07, 6.45) is 3.17. The van der Waals surface area contributed by atoms with E-state index in [2.05, 4.69) is 15.5 Å². The normalized spacial score (nSPS) is 14.0. The lowest BCUT2D eigenvalue weighted by atomic mass is 9.97. The van der Waals surface area contributed by atoms with Gasteiger partial charge >= 0.3 is 0 Å². The van der Waals surface area contributed by atoms with Crippen molar-refractivity contribution in [2.75, 3.05) is 6.79 Å². The highest BCUT2D eigenvalue weighted by Crippen LogP contribution is 2.32. The molecular formula is C19H23N3O4. The van der Waals surface area contributed by atoms with Gasteiger partial charge in [-0.1, -0.05) is 32.0 Å². The first-order chi connectivity index (χ1) is 12.1. The van der Waals surface area contributed by atoms with Crippen LogP contribution < -0.4 is 14.8 Å². The average molecular weight is 357 g/mol. The number of hydrogen-bond acceptors (Lipinski definition) is 6. The molecule has 1 aromatic carbocycles. The number of amides is 1. The van der Waals surface area contributed by atoms with E-state index in [4.69, 9.17) is 14.0 Å². The Morgan fingerprint density at radius 3 is 2.58 bits per heavy atom. The van der Waals surface area contributed by atoms with Gasteiger partial charge in [0.05, 0.1) is 5.54 Å². The fourth-order valence-electron chi connectivity index (χ4n) is 2.38. The molecule has 0 fully saturated rings. The van der Waals surface area contributed by atoms with Crippen LogP contribution in [0.4, 0.5) is 0 Å². The van der Waals surface area contributed by atoms with E-state index >= 15 is 0 Å². The van der Waals surface area contributed by atoms with Crippen LogP contribution in [0.25, 0.3) is 6.08 Å². The molecule has 1 N–H and O–H groups in total. The van der Waals surface area contributed by atoms with Crippen LogP contribution in [0.3, 0.4) is 0 Å². The third kappa shape index (κ3) is 3.87. The number of benzene rings is 1. The zero-order chi connectivity index (χ0) is 18.9. The largest absolute Gasteiger partial charge is 0.454 e. The lowest BCUT2D eigenvalue weighted by molar-refractivity contribution is -0.118. The molecule has 1 amide bonds. The zero-order valence-corrected chi connectivity index (χ0v) is 15.6. The van der Waals surface area contributed by atoms with Crippen molar-refractivity contribution in [1.29, 1.82) is 0 Å². The number of hydrogen-bond donors (Lipinski definition) is 1. The predicted molar refractivity (Wildman–Crippen MR) is 95.8 cm³/mol. The van der Waals surface area contributed by atoms with Gasteiger partial charge in [0.15, 0.2) is 17.3 Å². The molecule has 0 atom stereocenters. The van der Waals surface area contributed by atoms with E-state index in [0.29, 0.717) is 23.2 Å². The molecule has 1 aliphatic heterocycles. The molecule has 2 aromatic rings. The quantitative estimate of drug-likeness (QED) is 0.846. The van der Waals surface area contributed by atoms with Gasteiger partial charge in [-0.25, -0.2) is 0 Å². The summed E-state index contributed by atoms with van der Waals surface area (Å²) in [7, 11) is 0. The van der Waals surface area contributed by atoms with Gasteiger partial charge in [0.2, 0.25) is 18.6 Å². The van der Waals surface area contributed by atoms with Gasteiger partial charge in [-0.2, -0.15) is 4.98 Å². The third-order valence-electron chi connectivity index (χ3n) is 3.89. The standard InChI is InChI=1S/C19H23N3O4/c1-18(2,3)17-20-16(22-26-17)19(4,5)21-15(23)9-7-12-6-8-13-14(10-12)25-11-24-13/h6-10H,11H2,1-5H3,(H,21,23)/b9-7-. The zero-order valence-electron chi connectivity index (χ0n) is 15.6. The first kappa shape index (κ1) is 18.0. The van der Waals surface area contributed by atoms with Crippen molar-refractivity contribution >= 4 is 12.0 Å². The Morgan fingerprint density at radius 1 is 1.15 bits per heavy atom. The van der Waals surface area contributed by atoms with E-state index in [0.717, 1.165) is 5.56 Å². The second kappa shape index (κ2) is 6.48. The number of aromatic nitrogens is 2. The van der Waals surface area contributed by atoms with Gasteiger partial charge in [0, 0.05) is 11.5 Å². The van der Waals surface area contributed by atoms with Crippen LogP contribution in [0.2, 0.25) is 0 Å². The van der Waals surface area contributed by atoms with Crippen molar-refractivity contribution in [2.24, 2.45) is 0 Å². The molecule has 1 aliphatic rings.